The van der Waals surface area contributed by atoms with Crippen molar-refractivity contribution in [2.75, 3.05) is 19.6 Å². The molecule has 1 fully saturated rings. The Morgan fingerprint density at radius 2 is 1.62 bits per heavy atom. The van der Waals surface area contributed by atoms with Crippen LogP contribution in [-0.2, 0) is 4.79 Å². The minimum absolute atomic E-state index is 0.0391. The molecule has 0 radical (unpaired) electrons. The first-order valence-electron chi connectivity index (χ1n) is 8.25. The van der Waals surface area contributed by atoms with Crippen LogP contribution in [0.15, 0.2) is 54.6 Å². The van der Waals surface area contributed by atoms with E-state index in [1.165, 1.54) is 0 Å². The van der Waals surface area contributed by atoms with Gasteiger partial charge in [-0.05, 0) is 24.1 Å². The van der Waals surface area contributed by atoms with E-state index in [0.29, 0.717) is 19.6 Å². The van der Waals surface area contributed by atoms with Crippen molar-refractivity contribution in [2.45, 2.75) is 19.9 Å². The molecule has 0 aliphatic carbocycles. The fourth-order valence-electron chi connectivity index (χ4n) is 3.29. The lowest BCUT2D eigenvalue weighted by molar-refractivity contribution is -0.133. The van der Waals surface area contributed by atoms with E-state index in [2.05, 4.69) is 0 Å². The van der Waals surface area contributed by atoms with Gasteiger partial charge in [-0.2, -0.15) is 0 Å². The van der Waals surface area contributed by atoms with Gasteiger partial charge in [0, 0.05) is 32.1 Å². The standard InChI is InChI=1S/C20H22N2O2/c1-15-8-6-7-11-18(15)20(24)21-12-13-22(16(2)23)19(14-21)17-9-4-3-5-10-17/h3-11,19H,12-14H2,1-2H3/t19-/m0/s1. The minimum atomic E-state index is -0.0922. The predicted molar refractivity (Wildman–Crippen MR) is 93.7 cm³/mol. The van der Waals surface area contributed by atoms with Crippen LogP contribution in [0.4, 0.5) is 0 Å². The van der Waals surface area contributed by atoms with E-state index in [1.54, 1.807) is 6.92 Å². The lowest BCUT2D eigenvalue weighted by atomic mass is 10.0. The van der Waals surface area contributed by atoms with Crippen LogP contribution in [0.2, 0.25) is 0 Å². The van der Waals surface area contributed by atoms with E-state index < -0.39 is 0 Å². The number of piperazine rings is 1. The Bertz CT molecular complexity index is 742. The highest BCUT2D eigenvalue weighted by molar-refractivity contribution is 5.95. The van der Waals surface area contributed by atoms with Crippen LogP contribution in [0.5, 0.6) is 0 Å². The summed E-state index contributed by atoms with van der Waals surface area (Å²) in [5.74, 6) is 0.0871. The molecule has 4 nitrogen and oxygen atoms in total. The van der Waals surface area contributed by atoms with Gasteiger partial charge in [0.2, 0.25) is 5.91 Å². The summed E-state index contributed by atoms with van der Waals surface area (Å²) < 4.78 is 0. The second-order valence-electron chi connectivity index (χ2n) is 6.20. The van der Waals surface area contributed by atoms with Crippen LogP contribution >= 0.6 is 0 Å². The first-order valence-corrected chi connectivity index (χ1v) is 8.25. The zero-order valence-electron chi connectivity index (χ0n) is 14.1. The Morgan fingerprint density at radius 1 is 0.958 bits per heavy atom. The van der Waals surface area contributed by atoms with Crippen molar-refractivity contribution in [2.24, 2.45) is 0 Å². The molecule has 24 heavy (non-hydrogen) atoms. The molecular weight excluding hydrogens is 300 g/mol. The van der Waals surface area contributed by atoms with Crippen molar-refractivity contribution < 1.29 is 9.59 Å². The van der Waals surface area contributed by atoms with Gasteiger partial charge in [-0.1, -0.05) is 48.5 Å². The van der Waals surface area contributed by atoms with Gasteiger partial charge >= 0.3 is 0 Å². The van der Waals surface area contributed by atoms with Gasteiger partial charge in [-0.3, -0.25) is 9.59 Å². The second kappa shape index (κ2) is 6.87. The van der Waals surface area contributed by atoms with Gasteiger partial charge in [0.05, 0.1) is 6.04 Å². The molecule has 1 aliphatic heterocycles. The molecule has 2 amide bonds. The molecule has 1 aliphatic rings. The maximum Gasteiger partial charge on any atom is 0.254 e. The maximum atomic E-state index is 12.9. The third kappa shape index (κ3) is 3.18. The van der Waals surface area contributed by atoms with Gasteiger partial charge in [0.25, 0.3) is 5.91 Å². The van der Waals surface area contributed by atoms with Gasteiger partial charge < -0.3 is 9.80 Å². The van der Waals surface area contributed by atoms with Crippen LogP contribution in [-0.4, -0.2) is 41.2 Å². The SMILES string of the molecule is CC(=O)N1CCN(C(=O)c2ccccc2C)C[C@H]1c1ccccc1. The van der Waals surface area contributed by atoms with Crippen LogP contribution in [0.25, 0.3) is 0 Å². The highest BCUT2D eigenvalue weighted by Gasteiger charge is 2.32. The summed E-state index contributed by atoms with van der Waals surface area (Å²) in [6, 6.07) is 17.5. The first-order chi connectivity index (χ1) is 11.6. The molecular formula is C20H22N2O2. The van der Waals surface area contributed by atoms with Gasteiger partial charge in [0.15, 0.2) is 0 Å². The number of carbonyl (C=O) groups is 2. The zero-order valence-corrected chi connectivity index (χ0v) is 14.1. The van der Waals surface area contributed by atoms with Crippen molar-refractivity contribution in [1.29, 1.82) is 0 Å². The fraction of sp³-hybridized carbons (Fsp3) is 0.300. The molecule has 3 rings (SSSR count). The molecule has 0 aromatic heterocycles. The fourth-order valence-corrected chi connectivity index (χ4v) is 3.29. The first kappa shape index (κ1) is 16.2. The molecule has 124 valence electrons. The molecule has 1 atom stereocenters. The number of amides is 2. The van der Waals surface area contributed by atoms with E-state index >= 15 is 0 Å². The van der Waals surface area contributed by atoms with Crippen LogP contribution in [0, 0.1) is 6.92 Å². The topological polar surface area (TPSA) is 40.6 Å². The number of rotatable bonds is 2. The predicted octanol–water partition coefficient (Wildman–Crippen LogP) is 3.04. The second-order valence-corrected chi connectivity index (χ2v) is 6.20. The van der Waals surface area contributed by atoms with E-state index in [4.69, 9.17) is 0 Å². The van der Waals surface area contributed by atoms with E-state index in [0.717, 1.165) is 16.7 Å². The Balaban J connectivity index is 1.87. The highest BCUT2D eigenvalue weighted by atomic mass is 16.2. The smallest absolute Gasteiger partial charge is 0.254 e. The third-order valence-electron chi connectivity index (χ3n) is 4.63. The summed E-state index contributed by atoms with van der Waals surface area (Å²) in [4.78, 5) is 28.6. The number of nitrogens with zero attached hydrogens (tertiary/aromatic N) is 2. The Kier molecular flexibility index (Phi) is 4.65. The monoisotopic (exact) mass is 322 g/mol. The molecule has 4 heteroatoms. The summed E-state index contributed by atoms with van der Waals surface area (Å²) in [5, 5.41) is 0. The molecule has 2 aromatic rings. The number of benzene rings is 2. The molecule has 0 bridgehead atoms. The molecule has 0 saturated carbocycles. The Hall–Kier alpha value is -2.62. The molecule has 1 saturated heterocycles. The highest BCUT2D eigenvalue weighted by Crippen LogP contribution is 2.26. The average Bonchev–Trinajstić information content (AvgIpc) is 2.61. The Morgan fingerprint density at radius 3 is 2.29 bits per heavy atom. The lowest BCUT2D eigenvalue weighted by Crippen LogP contribution is -2.51. The van der Waals surface area contributed by atoms with Crippen molar-refractivity contribution in [3.63, 3.8) is 0 Å². The van der Waals surface area contributed by atoms with E-state index in [-0.39, 0.29) is 17.9 Å². The lowest BCUT2D eigenvalue weighted by Gasteiger charge is -2.41. The number of hydrogen-bond donors (Lipinski definition) is 0. The molecule has 0 spiro atoms. The normalized spacial score (nSPS) is 17.7. The van der Waals surface area contributed by atoms with Gasteiger partial charge in [0.1, 0.15) is 0 Å². The molecule has 1 heterocycles. The maximum absolute atomic E-state index is 12.9. The van der Waals surface area contributed by atoms with Crippen molar-refractivity contribution in [1.82, 2.24) is 9.80 Å². The summed E-state index contributed by atoms with van der Waals surface area (Å²) >= 11 is 0. The quantitative estimate of drug-likeness (QED) is 0.853. The summed E-state index contributed by atoms with van der Waals surface area (Å²) in [6.45, 7) is 5.20. The number of aryl methyl sites for hydroxylation is 1. The van der Waals surface area contributed by atoms with Gasteiger partial charge in [-0.25, -0.2) is 0 Å². The van der Waals surface area contributed by atoms with Crippen molar-refractivity contribution >= 4 is 11.8 Å². The summed E-state index contributed by atoms with van der Waals surface area (Å²) in [5.41, 5.74) is 2.78. The van der Waals surface area contributed by atoms with Crippen molar-refractivity contribution in [3.8, 4) is 0 Å². The number of carbonyl (C=O) groups excluding carboxylic acids is 2. The largest absolute Gasteiger partial charge is 0.334 e. The van der Waals surface area contributed by atoms with Crippen molar-refractivity contribution in [3.05, 3.63) is 71.3 Å². The van der Waals surface area contributed by atoms with E-state index in [1.807, 2.05) is 71.3 Å². The van der Waals surface area contributed by atoms with Crippen LogP contribution in [0.1, 0.15) is 34.5 Å². The third-order valence-corrected chi connectivity index (χ3v) is 4.63. The van der Waals surface area contributed by atoms with Crippen LogP contribution < -0.4 is 0 Å². The number of hydrogen-bond acceptors (Lipinski definition) is 2. The molecule has 0 unspecified atom stereocenters. The summed E-state index contributed by atoms with van der Waals surface area (Å²) in [6.07, 6.45) is 0. The molecule has 0 N–H and O–H groups in total. The summed E-state index contributed by atoms with van der Waals surface area (Å²) in [7, 11) is 0. The average molecular weight is 322 g/mol. The van der Waals surface area contributed by atoms with E-state index in [9.17, 15) is 9.59 Å². The van der Waals surface area contributed by atoms with Crippen LogP contribution in [0.3, 0.4) is 0 Å². The minimum Gasteiger partial charge on any atom is -0.334 e. The zero-order chi connectivity index (χ0) is 17.1. The Labute approximate surface area is 142 Å². The van der Waals surface area contributed by atoms with Gasteiger partial charge in [-0.15, -0.1) is 0 Å². The molecule has 2 aromatic carbocycles.